The van der Waals surface area contributed by atoms with Gasteiger partial charge < -0.3 is 10.4 Å². The Labute approximate surface area is 114 Å². The summed E-state index contributed by atoms with van der Waals surface area (Å²) in [5, 5.41) is 17.8. The molecule has 0 amide bonds. The Kier molecular flexibility index (Phi) is 4.71. The molecule has 0 bridgehead atoms. The Hall–Kier alpha value is -1.65. The maximum Gasteiger partial charge on any atom is 0.0992 e. The number of nitrogens with one attached hydrogen (secondary N) is 1. The number of aromatic nitrogens is 2. The van der Waals surface area contributed by atoms with Gasteiger partial charge in [0.15, 0.2) is 0 Å². The lowest BCUT2D eigenvalue weighted by Crippen LogP contribution is -2.36. The molecule has 0 aliphatic carbocycles. The van der Waals surface area contributed by atoms with Crippen LogP contribution in [-0.2, 0) is 12.1 Å². The van der Waals surface area contributed by atoms with Crippen LogP contribution in [0, 0.1) is 0 Å². The topological polar surface area (TPSA) is 50.1 Å². The first-order valence-corrected chi connectivity index (χ1v) is 6.64. The predicted octanol–water partition coefficient (Wildman–Crippen LogP) is 1.77. The third kappa shape index (κ3) is 4.19. The van der Waals surface area contributed by atoms with Crippen LogP contribution in [0.4, 0.5) is 0 Å². The van der Waals surface area contributed by atoms with Crippen LogP contribution in [0.15, 0.2) is 48.8 Å². The van der Waals surface area contributed by atoms with Gasteiger partial charge in [0.2, 0.25) is 0 Å². The second kappa shape index (κ2) is 6.50. The number of hydrogen-bond acceptors (Lipinski definition) is 3. The fourth-order valence-electron chi connectivity index (χ4n) is 2.03. The summed E-state index contributed by atoms with van der Waals surface area (Å²) in [6.45, 7) is 4.15. The molecule has 1 aromatic heterocycles. The van der Waals surface area contributed by atoms with Crippen molar-refractivity contribution < 1.29 is 5.11 Å². The third-order valence-corrected chi connectivity index (χ3v) is 3.16. The predicted molar refractivity (Wildman–Crippen MR) is 75.7 cm³/mol. The van der Waals surface area contributed by atoms with Gasteiger partial charge in [-0.25, -0.2) is 0 Å². The molecular weight excluding hydrogens is 238 g/mol. The summed E-state index contributed by atoms with van der Waals surface area (Å²) in [6, 6.07) is 11.7. The maximum atomic E-state index is 10.4. The first-order chi connectivity index (χ1) is 9.18. The number of benzene rings is 1. The highest BCUT2D eigenvalue weighted by molar-refractivity contribution is 5.21. The summed E-state index contributed by atoms with van der Waals surface area (Å²) < 4.78 is 1.91. The van der Waals surface area contributed by atoms with Crippen molar-refractivity contribution in [1.29, 1.82) is 0 Å². The van der Waals surface area contributed by atoms with Crippen LogP contribution in [0.5, 0.6) is 0 Å². The highest BCUT2D eigenvalue weighted by Gasteiger charge is 2.21. The number of aryl methyl sites for hydroxylation is 1. The van der Waals surface area contributed by atoms with E-state index in [0.29, 0.717) is 6.54 Å². The largest absolute Gasteiger partial charge is 0.384 e. The average molecular weight is 259 g/mol. The van der Waals surface area contributed by atoms with Gasteiger partial charge in [-0.15, -0.1) is 0 Å². The van der Waals surface area contributed by atoms with Gasteiger partial charge in [0.25, 0.3) is 0 Å². The molecule has 2 rings (SSSR count). The minimum absolute atomic E-state index is 0.552. The van der Waals surface area contributed by atoms with E-state index < -0.39 is 5.60 Å². The zero-order valence-electron chi connectivity index (χ0n) is 11.3. The lowest BCUT2D eigenvalue weighted by molar-refractivity contribution is 0.0570. The quantitative estimate of drug-likeness (QED) is 0.745. The highest BCUT2D eigenvalue weighted by Crippen LogP contribution is 2.18. The Bertz CT molecular complexity index is 465. The van der Waals surface area contributed by atoms with Crippen molar-refractivity contribution in [2.45, 2.75) is 25.5 Å². The molecule has 1 unspecified atom stereocenters. The standard InChI is InChI=1S/C15H21N3O/c1-15(19,14-7-3-2-4-8-14)13-16-9-5-11-18-12-6-10-17-18/h2-4,6-8,10,12,16,19H,5,9,11,13H2,1H3. The van der Waals surface area contributed by atoms with Gasteiger partial charge in [-0.2, -0.15) is 5.10 Å². The monoisotopic (exact) mass is 259 g/mol. The number of hydrogen-bond donors (Lipinski definition) is 2. The van der Waals surface area contributed by atoms with Gasteiger partial charge in [0, 0.05) is 25.5 Å². The Morgan fingerprint density at radius 2 is 2.05 bits per heavy atom. The molecule has 4 heteroatoms. The Morgan fingerprint density at radius 3 is 2.74 bits per heavy atom. The zero-order chi connectivity index (χ0) is 13.6. The zero-order valence-corrected chi connectivity index (χ0v) is 11.3. The molecule has 19 heavy (non-hydrogen) atoms. The first kappa shape index (κ1) is 13.8. The van der Waals surface area contributed by atoms with E-state index >= 15 is 0 Å². The maximum absolute atomic E-state index is 10.4. The van der Waals surface area contributed by atoms with E-state index in [-0.39, 0.29) is 0 Å². The molecule has 1 aromatic carbocycles. The molecule has 0 saturated carbocycles. The summed E-state index contributed by atoms with van der Waals surface area (Å²) in [7, 11) is 0. The molecule has 1 heterocycles. The van der Waals surface area contributed by atoms with Crippen molar-refractivity contribution in [2.24, 2.45) is 0 Å². The number of aliphatic hydroxyl groups is 1. The minimum atomic E-state index is -0.826. The molecule has 1 atom stereocenters. The third-order valence-electron chi connectivity index (χ3n) is 3.16. The lowest BCUT2D eigenvalue weighted by atomic mass is 9.96. The van der Waals surface area contributed by atoms with Crippen LogP contribution in [0.2, 0.25) is 0 Å². The van der Waals surface area contributed by atoms with E-state index in [0.717, 1.165) is 25.1 Å². The van der Waals surface area contributed by atoms with Gasteiger partial charge in [-0.3, -0.25) is 4.68 Å². The van der Waals surface area contributed by atoms with Gasteiger partial charge in [-0.1, -0.05) is 30.3 Å². The van der Waals surface area contributed by atoms with Gasteiger partial charge in [-0.05, 0) is 31.5 Å². The van der Waals surface area contributed by atoms with E-state index in [2.05, 4.69) is 10.4 Å². The smallest absolute Gasteiger partial charge is 0.0992 e. The highest BCUT2D eigenvalue weighted by atomic mass is 16.3. The Balaban J connectivity index is 1.70. The fourth-order valence-corrected chi connectivity index (χ4v) is 2.03. The summed E-state index contributed by atoms with van der Waals surface area (Å²) in [5.41, 5.74) is 0.113. The lowest BCUT2D eigenvalue weighted by Gasteiger charge is -2.24. The molecule has 0 saturated heterocycles. The van der Waals surface area contributed by atoms with E-state index in [9.17, 15) is 5.11 Å². The fraction of sp³-hybridized carbons (Fsp3) is 0.400. The van der Waals surface area contributed by atoms with Crippen molar-refractivity contribution >= 4 is 0 Å². The molecule has 102 valence electrons. The molecule has 0 fully saturated rings. The van der Waals surface area contributed by atoms with Crippen molar-refractivity contribution in [3.8, 4) is 0 Å². The SMILES string of the molecule is CC(O)(CNCCCn1cccn1)c1ccccc1. The average Bonchev–Trinajstić information content (AvgIpc) is 2.92. The molecule has 0 radical (unpaired) electrons. The second-order valence-corrected chi connectivity index (χ2v) is 4.94. The van der Waals surface area contributed by atoms with Crippen molar-refractivity contribution in [1.82, 2.24) is 15.1 Å². The number of nitrogens with zero attached hydrogens (tertiary/aromatic N) is 2. The summed E-state index contributed by atoms with van der Waals surface area (Å²) in [4.78, 5) is 0. The second-order valence-electron chi connectivity index (χ2n) is 4.94. The van der Waals surface area contributed by atoms with Crippen LogP contribution in [0.25, 0.3) is 0 Å². The molecular formula is C15H21N3O. The molecule has 4 nitrogen and oxygen atoms in total. The normalized spacial score (nSPS) is 14.2. The molecule has 2 N–H and O–H groups in total. The molecule has 2 aromatic rings. The first-order valence-electron chi connectivity index (χ1n) is 6.64. The summed E-state index contributed by atoms with van der Waals surface area (Å²) >= 11 is 0. The Morgan fingerprint density at radius 1 is 1.26 bits per heavy atom. The van der Waals surface area contributed by atoms with E-state index in [1.807, 2.05) is 54.2 Å². The van der Waals surface area contributed by atoms with E-state index in [1.54, 1.807) is 6.20 Å². The summed E-state index contributed by atoms with van der Waals surface area (Å²) in [5.74, 6) is 0. The van der Waals surface area contributed by atoms with Crippen LogP contribution < -0.4 is 5.32 Å². The van der Waals surface area contributed by atoms with E-state index in [1.165, 1.54) is 0 Å². The van der Waals surface area contributed by atoms with Crippen LogP contribution in [0.1, 0.15) is 18.9 Å². The minimum Gasteiger partial charge on any atom is -0.384 e. The van der Waals surface area contributed by atoms with Gasteiger partial charge in [0.05, 0.1) is 5.60 Å². The van der Waals surface area contributed by atoms with Crippen molar-refractivity contribution in [3.63, 3.8) is 0 Å². The van der Waals surface area contributed by atoms with Gasteiger partial charge in [0.1, 0.15) is 0 Å². The molecule has 0 aliphatic rings. The summed E-state index contributed by atoms with van der Waals surface area (Å²) in [6.07, 6.45) is 4.74. The van der Waals surface area contributed by atoms with E-state index in [4.69, 9.17) is 0 Å². The molecule has 0 spiro atoms. The number of rotatable bonds is 7. The molecule has 0 aliphatic heterocycles. The van der Waals surface area contributed by atoms with Crippen LogP contribution in [-0.4, -0.2) is 28.0 Å². The van der Waals surface area contributed by atoms with Gasteiger partial charge >= 0.3 is 0 Å². The van der Waals surface area contributed by atoms with Crippen molar-refractivity contribution in [3.05, 3.63) is 54.4 Å². The van der Waals surface area contributed by atoms with Crippen molar-refractivity contribution in [2.75, 3.05) is 13.1 Å². The van der Waals surface area contributed by atoms with Crippen LogP contribution in [0.3, 0.4) is 0 Å². The van der Waals surface area contributed by atoms with Crippen LogP contribution >= 0.6 is 0 Å².